The van der Waals surface area contributed by atoms with Gasteiger partial charge in [0, 0.05) is 47.7 Å². The number of pyridine rings is 1. The van der Waals surface area contributed by atoms with Gasteiger partial charge in [-0.15, -0.1) is 0 Å². The van der Waals surface area contributed by atoms with Gasteiger partial charge in [-0.25, -0.2) is 14.4 Å². The molecule has 182 valence electrons. The molecule has 1 fully saturated rings. The molecule has 0 saturated carbocycles. The largest absolute Gasteiger partial charge is 0.508 e. The van der Waals surface area contributed by atoms with E-state index in [2.05, 4.69) is 30.0 Å². The number of halogens is 1. The average Bonchev–Trinajstić information content (AvgIpc) is 3.49. The predicted octanol–water partition coefficient (Wildman–Crippen LogP) is 4.22. The smallest absolute Gasteiger partial charge is 0.147 e. The van der Waals surface area contributed by atoms with Crippen LogP contribution in [-0.4, -0.2) is 54.4 Å². The Morgan fingerprint density at radius 2 is 1.89 bits per heavy atom. The number of hydrogen-bond acceptors (Lipinski definition) is 7. The predicted molar refractivity (Wildman–Crippen MR) is 139 cm³/mol. The van der Waals surface area contributed by atoms with Crippen molar-refractivity contribution in [2.24, 2.45) is 5.73 Å². The molecule has 0 bridgehead atoms. The van der Waals surface area contributed by atoms with Crippen molar-refractivity contribution in [1.82, 2.24) is 30.1 Å². The number of aromatic amines is 2. The number of phenols is 1. The lowest BCUT2D eigenvalue weighted by Gasteiger charge is -2.37. The third-order valence-corrected chi connectivity index (χ3v) is 6.69. The average molecular weight is 493 g/mol. The summed E-state index contributed by atoms with van der Waals surface area (Å²) >= 11 is 0. The summed E-state index contributed by atoms with van der Waals surface area (Å²) in [7, 11) is 0. The first-order valence-electron chi connectivity index (χ1n) is 11.8. The summed E-state index contributed by atoms with van der Waals surface area (Å²) in [5, 5.41) is 19.3. The van der Waals surface area contributed by atoms with Crippen molar-refractivity contribution >= 4 is 27.8 Å². The van der Waals surface area contributed by atoms with E-state index in [1.54, 1.807) is 24.7 Å². The number of aromatic nitrogens is 6. The zero-order valence-electron chi connectivity index (χ0n) is 19.5. The second-order valence-electron chi connectivity index (χ2n) is 9.26. The van der Waals surface area contributed by atoms with Crippen LogP contribution < -0.4 is 10.6 Å². The van der Waals surface area contributed by atoms with Crippen LogP contribution in [0, 0.1) is 5.82 Å². The first kappa shape index (κ1) is 21.5. The van der Waals surface area contributed by atoms with Gasteiger partial charge in [-0.1, -0.05) is 6.07 Å². The number of aromatic hydroxyl groups is 1. The SMILES string of the molecule is NC1CN(c2cncc(-c3ccc4[nH]nc(-c5cc6c(-c7cc(O)cc(F)c7)ccnc6[nH]5)c4c3)n2)C1. The monoisotopic (exact) mass is 492 g/mol. The fourth-order valence-corrected chi connectivity index (χ4v) is 4.86. The molecular formula is C27H21FN8O. The number of rotatable bonds is 4. The van der Waals surface area contributed by atoms with E-state index < -0.39 is 5.82 Å². The molecule has 0 atom stereocenters. The van der Waals surface area contributed by atoms with E-state index in [0.717, 1.165) is 69.5 Å². The van der Waals surface area contributed by atoms with E-state index in [0.29, 0.717) is 11.2 Å². The molecule has 4 aromatic heterocycles. The number of nitrogens with zero attached hydrogens (tertiary/aromatic N) is 5. The molecule has 0 amide bonds. The number of nitrogens with one attached hydrogen (secondary N) is 2. The minimum Gasteiger partial charge on any atom is -0.508 e. The number of anilines is 1. The fourth-order valence-electron chi connectivity index (χ4n) is 4.86. The van der Waals surface area contributed by atoms with Gasteiger partial charge in [0.25, 0.3) is 0 Å². The highest BCUT2D eigenvalue weighted by molar-refractivity contribution is 6.00. The summed E-state index contributed by atoms with van der Waals surface area (Å²) in [5.74, 6) is 0.167. The van der Waals surface area contributed by atoms with Crippen molar-refractivity contribution < 1.29 is 9.50 Å². The lowest BCUT2D eigenvalue weighted by Crippen LogP contribution is -2.56. The summed E-state index contributed by atoms with van der Waals surface area (Å²) < 4.78 is 14.0. The van der Waals surface area contributed by atoms with Gasteiger partial charge in [0.1, 0.15) is 28.7 Å². The highest BCUT2D eigenvalue weighted by atomic mass is 19.1. The minimum absolute atomic E-state index is 0.134. The van der Waals surface area contributed by atoms with Crippen molar-refractivity contribution in [3.8, 4) is 39.5 Å². The highest BCUT2D eigenvalue weighted by Gasteiger charge is 2.24. The maximum atomic E-state index is 14.0. The molecule has 1 saturated heterocycles. The Kier molecular flexibility index (Phi) is 4.70. The van der Waals surface area contributed by atoms with Crippen LogP contribution in [0.25, 0.3) is 55.7 Å². The Labute approximate surface area is 209 Å². The maximum absolute atomic E-state index is 14.0. The van der Waals surface area contributed by atoms with E-state index >= 15 is 0 Å². The number of nitrogens with two attached hydrogens (primary N) is 1. The zero-order chi connectivity index (χ0) is 25.1. The van der Waals surface area contributed by atoms with Crippen LogP contribution in [0.15, 0.2) is 67.1 Å². The van der Waals surface area contributed by atoms with Crippen molar-refractivity contribution in [3.05, 3.63) is 72.9 Å². The van der Waals surface area contributed by atoms with E-state index in [4.69, 9.17) is 10.7 Å². The number of fused-ring (bicyclic) bond motifs is 2. The first-order valence-corrected chi connectivity index (χ1v) is 11.8. The third kappa shape index (κ3) is 3.66. The van der Waals surface area contributed by atoms with Gasteiger partial charge in [0.2, 0.25) is 0 Å². The molecule has 0 unspecified atom stereocenters. The molecule has 0 radical (unpaired) electrons. The molecule has 1 aliphatic rings. The lowest BCUT2D eigenvalue weighted by molar-refractivity contribution is 0.469. The molecule has 1 aliphatic heterocycles. The van der Waals surface area contributed by atoms with Crippen LogP contribution in [0.1, 0.15) is 0 Å². The summed E-state index contributed by atoms with van der Waals surface area (Å²) in [6.45, 7) is 1.55. The van der Waals surface area contributed by atoms with Crippen LogP contribution in [0.5, 0.6) is 5.75 Å². The second kappa shape index (κ2) is 8.10. The molecule has 0 aliphatic carbocycles. The van der Waals surface area contributed by atoms with Crippen LogP contribution in [-0.2, 0) is 0 Å². The zero-order valence-corrected chi connectivity index (χ0v) is 19.5. The third-order valence-electron chi connectivity index (χ3n) is 6.69. The quantitative estimate of drug-likeness (QED) is 0.290. The van der Waals surface area contributed by atoms with Crippen molar-refractivity contribution in [2.75, 3.05) is 18.0 Å². The minimum atomic E-state index is -0.509. The Bertz CT molecular complexity index is 1780. The first-order chi connectivity index (χ1) is 18.0. The molecule has 37 heavy (non-hydrogen) atoms. The topological polar surface area (TPSA) is 133 Å². The van der Waals surface area contributed by atoms with Gasteiger partial charge in [0.05, 0.1) is 29.3 Å². The number of hydrogen-bond donors (Lipinski definition) is 4. The summed E-state index contributed by atoms with van der Waals surface area (Å²) in [4.78, 5) is 19.1. The maximum Gasteiger partial charge on any atom is 0.147 e. The van der Waals surface area contributed by atoms with Gasteiger partial charge in [-0.2, -0.15) is 5.10 Å². The molecule has 6 aromatic rings. The van der Waals surface area contributed by atoms with Crippen LogP contribution in [0.2, 0.25) is 0 Å². The standard InChI is InChI=1S/C27H21FN8O/c28-16-5-15(6-18(37)8-16)19-3-4-31-27-20(19)9-23(33-27)26-21-7-14(1-2-22(21)34-35-26)24-10-30-11-25(32-24)36-12-17(29)13-36/h1-11,17,37H,12-13,29H2,(H,31,33)(H,34,35). The Hall–Kier alpha value is -4.83. The number of phenolic OH excluding ortho intramolecular Hbond substituents is 1. The molecule has 9 nitrogen and oxygen atoms in total. The van der Waals surface area contributed by atoms with Crippen molar-refractivity contribution in [3.63, 3.8) is 0 Å². The van der Waals surface area contributed by atoms with E-state index in [-0.39, 0.29) is 11.8 Å². The van der Waals surface area contributed by atoms with E-state index in [1.807, 2.05) is 24.3 Å². The van der Waals surface area contributed by atoms with E-state index in [9.17, 15) is 9.50 Å². The summed E-state index contributed by atoms with van der Waals surface area (Å²) in [6, 6.07) is 13.9. The normalized spacial score (nSPS) is 13.9. The highest BCUT2D eigenvalue weighted by Crippen LogP contribution is 2.35. The molecule has 7 rings (SSSR count). The molecule has 2 aromatic carbocycles. The van der Waals surface area contributed by atoms with Crippen LogP contribution in [0.4, 0.5) is 10.2 Å². The molecular weight excluding hydrogens is 471 g/mol. The Balaban J connectivity index is 1.31. The van der Waals surface area contributed by atoms with Gasteiger partial charge >= 0.3 is 0 Å². The number of benzene rings is 2. The molecule has 0 spiro atoms. The Morgan fingerprint density at radius 1 is 1.00 bits per heavy atom. The Morgan fingerprint density at radius 3 is 2.73 bits per heavy atom. The second-order valence-corrected chi connectivity index (χ2v) is 9.26. The molecule has 5 N–H and O–H groups in total. The molecule has 5 heterocycles. The summed E-state index contributed by atoms with van der Waals surface area (Å²) in [5.41, 5.74) is 11.9. The van der Waals surface area contributed by atoms with Crippen molar-refractivity contribution in [1.29, 1.82) is 0 Å². The van der Waals surface area contributed by atoms with Crippen molar-refractivity contribution in [2.45, 2.75) is 6.04 Å². The van der Waals surface area contributed by atoms with Gasteiger partial charge < -0.3 is 20.7 Å². The van der Waals surface area contributed by atoms with Gasteiger partial charge in [-0.3, -0.25) is 10.1 Å². The van der Waals surface area contributed by atoms with Gasteiger partial charge in [-0.05, 0) is 47.5 Å². The number of H-pyrrole nitrogens is 2. The van der Waals surface area contributed by atoms with Crippen LogP contribution >= 0.6 is 0 Å². The summed E-state index contributed by atoms with van der Waals surface area (Å²) in [6.07, 6.45) is 5.15. The van der Waals surface area contributed by atoms with Gasteiger partial charge in [0.15, 0.2) is 0 Å². The lowest BCUT2D eigenvalue weighted by atomic mass is 10.0. The fraction of sp³-hybridized carbons (Fsp3) is 0.111. The molecule has 10 heteroatoms. The van der Waals surface area contributed by atoms with E-state index in [1.165, 1.54) is 12.1 Å². The van der Waals surface area contributed by atoms with Crippen LogP contribution in [0.3, 0.4) is 0 Å².